The van der Waals surface area contributed by atoms with Crippen LogP contribution in [0.5, 0.6) is 0 Å². The molecular formula is C7H3BrClIO. The SMILES string of the molecule is O=Cc1ccc(Cl)c(I)c1Br. The summed E-state index contributed by atoms with van der Waals surface area (Å²) in [5, 5.41) is 0.656. The molecule has 58 valence electrons. The van der Waals surface area contributed by atoms with E-state index in [1.807, 2.05) is 0 Å². The summed E-state index contributed by atoms with van der Waals surface area (Å²) in [5.41, 5.74) is 0.624. The van der Waals surface area contributed by atoms with Gasteiger partial charge in [0.25, 0.3) is 0 Å². The van der Waals surface area contributed by atoms with Crippen LogP contribution in [0.2, 0.25) is 5.02 Å². The predicted octanol–water partition coefficient (Wildman–Crippen LogP) is 3.52. The molecule has 0 aliphatic heterocycles. The second-order valence-corrected chi connectivity index (χ2v) is 4.16. The van der Waals surface area contributed by atoms with Gasteiger partial charge in [-0.2, -0.15) is 0 Å². The summed E-state index contributed by atoms with van der Waals surface area (Å²) in [7, 11) is 0. The zero-order valence-electron chi connectivity index (χ0n) is 5.27. The van der Waals surface area contributed by atoms with E-state index < -0.39 is 0 Å². The van der Waals surface area contributed by atoms with E-state index in [1.54, 1.807) is 12.1 Å². The molecule has 11 heavy (non-hydrogen) atoms. The summed E-state index contributed by atoms with van der Waals surface area (Å²) in [4.78, 5) is 10.4. The molecule has 0 heterocycles. The molecule has 0 aromatic heterocycles. The van der Waals surface area contributed by atoms with Gasteiger partial charge in [-0.15, -0.1) is 0 Å². The van der Waals surface area contributed by atoms with Gasteiger partial charge in [0, 0.05) is 13.6 Å². The lowest BCUT2D eigenvalue weighted by molar-refractivity contribution is 0.112. The van der Waals surface area contributed by atoms with E-state index in [-0.39, 0.29) is 0 Å². The molecule has 4 heteroatoms. The largest absolute Gasteiger partial charge is 0.298 e. The normalized spacial score (nSPS) is 9.73. The van der Waals surface area contributed by atoms with Crippen LogP contribution in [-0.4, -0.2) is 6.29 Å². The van der Waals surface area contributed by atoms with E-state index in [4.69, 9.17) is 11.6 Å². The molecule has 0 radical (unpaired) electrons. The second kappa shape index (κ2) is 3.87. The molecule has 0 unspecified atom stereocenters. The van der Waals surface area contributed by atoms with Gasteiger partial charge in [-0.3, -0.25) is 4.79 Å². The summed E-state index contributed by atoms with van der Waals surface area (Å²) in [6.45, 7) is 0. The Morgan fingerprint density at radius 1 is 1.55 bits per heavy atom. The summed E-state index contributed by atoms with van der Waals surface area (Å²) in [5.74, 6) is 0. The first-order chi connectivity index (χ1) is 5.16. The summed E-state index contributed by atoms with van der Waals surface area (Å²) in [6, 6.07) is 3.39. The Morgan fingerprint density at radius 3 is 2.73 bits per heavy atom. The van der Waals surface area contributed by atoms with E-state index in [9.17, 15) is 4.79 Å². The molecule has 1 nitrogen and oxygen atoms in total. The average molecular weight is 345 g/mol. The van der Waals surface area contributed by atoms with Crippen molar-refractivity contribution in [2.24, 2.45) is 0 Å². The summed E-state index contributed by atoms with van der Waals surface area (Å²) >= 11 is 11.1. The van der Waals surface area contributed by atoms with Gasteiger partial charge in [0.15, 0.2) is 6.29 Å². The highest BCUT2D eigenvalue weighted by Gasteiger charge is 2.05. The van der Waals surface area contributed by atoms with Crippen molar-refractivity contribution >= 4 is 56.4 Å². The van der Waals surface area contributed by atoms with E-state index in [2.05, 4.69) is 38.5 Å². The number of rotatable bonds is 1. The molecule has 0 N–H and O–H groups in total. The van der Waals surface area contributed by atoms with Crippen molar-refractivity contribution < 1.29 is 4.79 Å². The van der Waals surface area contributed by atoms with Crippen molar-refractivity contribution in [1.29, 1.82) is 0 Å². The van der Waals surface area contributed by atoms with Crippen LogP contribution in [0.25, 0.3) is 0 Å². The molecule has 1 aromatic carbocycles. The standard InChI is InChI=1S/C7H3BrClIO/c8-6-4(3-11)1-2-5(9)7(6)10/h1-3H. The molecule has 1 rings (SSSR count). The van der Waals surface area contributed by atoms with Crippen molar-refractivity contribution in [3.8, 4) is 0 Å². The van der Waals surface area contributed by atoms with Gasteiger partial charge >= 0.3 is 0 Å². The van der Waals surface area contributed by atoms with Crippen LogP contribution < -0.4 is 0 Å². The molecule has 0 spiro atoms. The Labute approximate surface area is 91.4 Å². The number of carbonyl (C=O) groups is 1. The van der Waals surface area contributed by atoms with Gasteiger partial charge in [0.1, 0.15) is 0 Å². The van der Waals surface area contributed by atoms with Crippen molar-refractivity contribution in [3.63, 3.8) is 0 Å². The molecule has 0 atom stereocenters. The maximum Gasteiger partial charge on any atom is 0.151 e. The van der Waals surface area contributed by atoms with Crippen LogP contribution in [0.4, 0.5) is 0 Å². The molecule has 0 aliphatic carbocycles. The van der Waals surface area contributed by atoms with E-state index >= 15 is 0 Å². The fraction of sp³-hybridized carbons (Fsp3) is 0. The van der Waals surface area contributed by atoms with Crippen molar-refractivity contribution in [2.75, 3.05) is 0 Å². The highest BCUT2D eigenvalue weighted by molar-refractivity contribution is 14.1. The molecular weight excluding hydrogens is 342 g/mol. The minimum absolute atomic E-state index is 0.624. The third-order valence-corrected chi connectivity index (χ3v) is 4.54. The van der Waals surface area contributed by atoms with Gasteiger partial charge in [0.2, 0.25) is 0 Å². The van der Waals surface area contributed by atoms with Crippen molar-refractivity contribution in [1.82, 2.24) is 0 Å². The zero-order valence-corrected chi connectivity index (χ0v) is 9.77. The van der Waals surface area contributed by atoms with E-state index in [0.29, 0.717) is 10.6 Å². The third kappa shape index (κ3) is 1.95. The lowest BCUT2D eigenvalue weighted by atomic mass is 10.2. The third-order valence-electron chi connectivity index (χ3n) is 1.19. The van der Waals surface area contributed by atoms with Gasteiger partial charge in [-0.25, -0.2) is 0 Å². The molecule has 0 amide bonds. The monoisotopic (exact) mass is 344 g/mol. The van der Waals surface area contributed by atoms with Crippen LogP contribution in [0.3, 0.4) is 0 Å². The number of hydrogen-bond donors (Lipinski definition) is 0. The lowest BCUT2D eigenvalue weighted by Gasteiger charge is -2.00. The second-order valence-electron chi connectivity index (χ2n) is 1.88. The summed E-state index contributed by atoms with van der Waals surface area (Å²) in [6.07, 6.45) is 0.794. The van der Waals surface area contributed by atoms with Crippen LogP contribution in [-0.2, 0) is 0 Å². The Hall–Kier alpha value is 0.390. The highest BCUT2D eigenvalue weighted by atomic mass is 127. The number of benzene rings is 1. The lowest BCUT2D eigenvalue weighted by Crippen LogP contribution is -1.85. The fourth-order valence-electron chi connectivity index (χ4n) is 0.632. The molecule has 0 aliphatic rings. The molecule has 0 saturated carbocycles. The first kappa shape index (κ1) is 9.48. The first-order valence-electron chi connectivity index (χ1n) is 2.75. The molecule has 0 bridgehead atoms. The zero-order chi connectivity index (χ0) is 8.43. The van der Waals surface area contributed by atoms with Crippen LogP contribution in [0, 0.1) is 3.57 Å². The maximum atomic E-state index is 10.4. The highest BCUT2D eigenvalue weighted by Crippen LogP contribution is 2.28. The van der Waals surface area contributed by atoms with E-state index in [0.717, 1.165) is 14.3 Å². The fourth-order valence-corrected chi connectivity index (χ4v) is 1.83. The van der Waals surface area contributed by atoms with Gasteiger partial charge < -0.3 is 0 Å². The number of hydrogen-bond acceptors (Lipinski definition) is 1. The Balaban J connectivity index is 3.36. The Morgan fingerprint density at radius 2 is 2.18 bits per heavy atom. The van der Waals surface area contributed by atoms with Gasteiger partial charge in [-0.1, -0.05) is 11.6 Å². The maximum absolute atomic E-state index is 10.4. The predicted molar refractivity (Wildman–Crippen MR) is 57.3 cm³/mol. The quantitative estimate of drug-likeness (QED) is 0.432. The average Bonchev–Trinajstić information content (AvgIpc) is 2.01. The van der Waals surface area contributed by atoms with Gasteiger partial charge in [-0.05, 0) is 50.7 Å². The Kier molecular flexibility index (Phi) is 3.33. The topological polar surface area (TPSA) is 17.1 Å². The molecule has 1 aromatic rings. The van der Waals surface area contributed by atoms with E-state index in [1.165, 1.54) is 0 Å². The minimum Gasteiger partial charge on any atom is -0.298 e. The number of halogens is 3. The smallest absolute Gasteiger partial charge is 0.151 e. The van der Waals surface area contributed by atoms with Crippen molar-refractivity contribution in [3.05, 3.63) is 30.8 Å². The summed E-state index contributed by atoms with van der Waals surface area (Å²) < 4.78 is 1.63. The molecule has 0 fully saturated rings. The Bertz CT molecular complexity index is 301. The van der Waals surface area contributed by atoms with Crippen LogP contribution in [0.15, 0.2) is 16.6 Å². The van der Waals surface area contributed by atoms with Gasteiger partial charge in [0.05, 0.1) is 5.02 Å². The van der Waals surface area contributed by atoms with Crippen molar-refractivity contribution in [2.45, 2.75) is 0 Å². The van der Waals surface area contributed by atoms with Crippen LogP contribution in [0.1, 0.15) is 10.4 Å². The minimum atomic E-state index is 0.624. The first-order valence-corrected chi connectivity index (χ1v) is 5.00. The number of carbonyl (C=O) groups excluding carboxylic acids is 1. The van der Waals surface area contributed by atoms with Crippen LogP contribution >= 0.6 is 50.1 Å². The molecule has 0 saturated heterocycles. The number of aldehydes is 1.